The first-order valence-electron chi connectivity index (χ1n) is 11.3. The zero-order chi connectivity index (χ0) is 23.6. The normalized spacial score (nSPS) is 16.8. The Hall–Kier alpha value is -2.44. The smallest absolute Gasteiger partial charge is 0.407 e. The molecule has 3 aromatic rings. The van der Waals surface area contributed by atoms with Crippen LogP contribution in [0.1, 0.15) is 45.6 Å². The van der Waals surface area contributed by atoms with Gasteiger partial charge in [-0.25, -0.2) is 9.78 Å². The molecule has 8 heteroatoms. The number of halogens is 2. The number of piperidine rings is 1. The van der Waals surface area contributed by atoms with E-state index >= 15 is 0 Å². The summed E-state index contributed by atoms with van der Waals surface area (Å²) in [4.78, 5) is 19.6. The Morgan fingerprint density at radius 2 is 1.85 bits per heavy atom. The number of carbonyl (C=O) groups is 1. The van der Waals surface area contributed by atoms with Gasteiger partial charge in [0, 0.05) is 34.7 Å². The molecule has 1 unspecified atom stereocenters. The van der Waals surface area contributed by atoms with Gasteiger partial charge in [-0.1, -0.05) is 41.4 Å². The molecule has 0 saturated carbocycles. The number of alkyl carbamates (subject to hydrolysis) is 1. The third-order valence-electron chi connectivity index (χ3n) is 5.78. The van der Waals surface area contributed by atoms with E-state index in [0.717, 1.165) is 48.4 Å². The van der Waals surface area contributed by atoms with Gasteiger partial charge < -0.3 is 19.5 Å². The van der Waals surface area contributed by atoms with E-state index in [-0.39, 0.29) is 6.04 Å². The van der Waals surface area contributed by atoms with Crippen molar-refractivity contribution in [3.8, 4) is 0 Å². The molecule has 0 spiro atoms. The number of amides is 1. The molecule has 1 saturated heterocycles. The van der Waals surface area contributed by atoms with Gasteiger partial charge in [-0.3, -0.25) is 0 Å². The number of carbonyl (C=O) groups excluding carboxylic acids is 1. The Bertz CT molecular complexity index is 1120. The first kappa shape index (κ1) is 23.7. The van der Waals surface area contributed by atoms with E-state index < -0.39 is 11.7 Å². The molecule has 33 heavy (non-hydrogen) atoms. The lowest BCUT2D eigenvalue weighted by molar-refractivity contribution is 0.0522. The maximum Gasteiger partial charge on any atom is 0.407 e. The predicted octanol–water partition coefficient (Wildman–Crippen LogP) is 6.28. The molecule has 6 nitrogen and oxygen atoms in total. The molecule has 0 aliphatic carbocycles. The number of anilines is 1. The molecule has 1 atom stereocenters. The van der Waals surface area contributed by atoms with Crippen LogP contribution < -0.4 is 10.2 Å². The van der Waals surface area contributed by atoms with Crippen LogP contribution in [0.15, 0.2) is 42.5 Å². The van der Waals surface area contributed by atoms with Gasteiger partial charge in [0.2, 0.25) is 5.95 Å². The number of ether oxygens (including phenoxy) is 1. The summed E-state index contributed by atoms with van der Waals surface area (Å²) < 4.78 is 7.60. The van der Waals surface area contributed by atoms with E-state index in [1.807, 2.05) is 57.2 Å². The van der Waals surface area contributed by atoms with Gasteiger partial charge >= 0.3 is 6.09 Å². The number of imidazole rings is 1. The first-order chi connectivity index (χ1) is 15.7. The van der Waals surface area contributed by atoms with E-state index in [4.69, 9.17) is 32.9 Å². The minimum absolute atomic E-state index is 0.114. The van der Waals surface area contributed by atoms with Crippen molar-refractivity contribution >= 4 is 46.3 Å². The molecule has 2 heterocycles. The maximum atomic E-state index is 12.3. The second-order valence-electron chi connectivity index (χ2n) is 9.41. The Labute approximate surface area is 204 Å². The maximum absolute atomic E-state index is 12.3. The molecule has 1 aliphatic heterocycles. The van der Waals surface area contributed by atoms with Gasteiger partial charge in [-0.15, -0.1) is 0 Å². The van der Waals surface area contributed by atoms with Crippen molar-refractivity contribution in [2.75, 3.05) is 18.0 Å². The lowest BCUT2D eigenvalue weighted by atomic mass is 10.0. The number of nitrogens with zero attached hydrogens (tertiary/aromatic N) is 3. The number of rotatable bonds is 5. The zero-order valence-corrected chi connectivity index (χ0v) is 20.8. The van der Waals surface area contributed by atoms with Gasteiger partial charge in [0.25, 0.3) is 0 Å². The van der Waals surface area contributed by atoms with Crippen molar-refractivity contribution in [1.82, 2.24) is 14.9 Å². The van der Waals surface area contributed by atoms with Gasteiger partial charge in [-0.05, 0) is 64.3 Å². The predicted molar refractivity (Wildman–Crippen MR) is 135 cm³/mol. The van der Waals surface area contributed by atoms with Crippen LogP contribution in [0.25, 0.3) is 11.0 Å². The summed E-state index contributed by atoms with van der Waals surface area (Å²) in [6.07, 6.45) is 2.74. The highest BCUT2D eigenvalue weighted by atomic mass is 35.5. The second kappa shape index (κ2) is 9.82. The Morgan fingerprint density at radius 3 is 2.58 bits per heavy atom. The van der Waals surface area contributed by atoms with Crippen LogP contribution in [0.2, 0.25) is 10.0 Å². The lowest BCUT2D eigenvalue weighted by Crippen LogP contribution is -2.48. The molecule has 0 bridgehead atoms. The summed E-state index contributed by atoms with van der Waals surface area (Å²) in [6, 6.07) is 13.8. The highest BCUT2D eigenvalue weighted by Crippen LogP contribution is 2.32. The number of benzene rings is 2. The SMILES string of the molecule is CC(C)(C)OC(=O)NCC1CCCCN1c1nc2ccccc2n1Cc1c(Cl)cccc1Cl. The molecular weight excluding hydrogens is 459 g/mol. The number of fused-ring (bicyclic) bond motifs is 1. The van der Waals surface area contributed by atoms with Crippen LogP contribution in [-0.2, 0) is 11.3 Å². The van der Waals surface area contributed by atoms with Crippen LogP contribution in [0.5, 0.6) is 0 Å². The average molecular weight is 489 g/mol. The van der Waals surface area contributed by atoms with Crippen molar-refractivity contribution < 1.29 is 9.53 Å². The number of para-hydroxylation sites is 2. The lowest BCUT2D eigenvalue weighted by Gasteiger charge is -2.37. The minimum atomic E-state index is -0.529. The Morgan fingerprint density at radius 1 is 1.12 bits per heavy atom. The second-order valence-corrected chi connectivity index (χ2v) is 10.2. The fraction of sp³-hybridized carbons (Fsp3) is 0.440. The van der Waals surface area contributed by atoms with E-state index in [2.05, 4.69) is 20.9 Å². The minimum Gasteiger partial charge on any atom is -0.444 e. The Kier molecular flexibility index (Phi) is 7.05. The third kappa shape index (κ3) is 5.56. The van der Waals surface area contributed by atoms with Crippen LogP contribution in [0.3, 0.4) is 0 Å². The molecular formula is C25H30Cl2N4O2. The van der Waals surface area contributed by atoms with Gasteiger partial charge in [-0.2, -0.15) is 0 Å². The van der Waals surface area contributed by atoms with E-state index in [1.54, 1.807) is 0 Å². The summed E-state index contributed by atoms with van der Waals surface area (Å²) in [5, 5.41) is 4.21. The van der Waals surface area contributed by atoms with Gasteiger partial charge in [0.1, 0.15) is 5.60 Å². The van der Waals surface area contributed by atoms with Gasteiger partial charge in [0.15, 0.2) is 0 Å². The summed E-state index contributed by atoms with van der Waals surface area (Å²) in [5.74, 6) is 0.864. The standard InChI is InChI=1S/C25H30Cl2N4O2/c1-25(2,3)33-24(32)28-15-17-9-6-7-14-30(17)23-29-21-12-4-5-13-22(21)31(23)16-18-19(26)10-8-11-20(18)27/h4-5,8,10-13,17H,6-7,9,14-16H2,1-3H3,(H,28,32). The highest BCUT2D eigenvalue weighted by molar-refractivity contribution is 6.36. The summed E-state index contributed by atoms with van der Waals surface area (Å²) in [5.41, 5.74) is 2.28. The number of hydrogen-bond acceptors (Lipinski definition) is 4. The van der Waals surface area contributed by atoms with E-state index in [1.165, 1.54) is 0 Å². The fourth-order valence-electron chi connectivity index (χ4n) is 4.27. The molecule has 1 N–H and O–H groups in total. The van der Waals surface area contributed by atoms with Crippen LogP contribution in [0, 0.1) is 0 Å². The monoisotopic (exact) mass is 488 g/mol. The van der Waals surface area contributed by atoms with Crippen molar-refractivity contribution in [3.63, 3.8) is 0 Å². The first-order valence-corrected chi connectivity index (χ1v) is 12.1. The molecule has 0 radical (unpaired) electrons. The molecule has 176 valence electrons. The molecule has 1 amide bonds. The van der Waals surface area contributed by atoms with Crippen molar-refractivity contribution in [3.05, 3.63) is 58.1 Å². The largest absolute Gasteiger partial charge is 0.444 e. The summed E-state index contributed by atoms with van der Waals surface area (Å²) in [7, 11) is 0. The van der Waals surface area contributed by atoms with E-state index in [9.17, 15) is 4.79 Å². The molecule has 1 aliphatic rings. The molecule has 1 aromatic heterocycles. The van der Waals surface area contributed by atoms with Crippen molar-refractivity contribution in [2.45, 2.75) is 58.2 Å². The molecule has 1 fully saturated rings. The van der Waals surface area contributed by atoms with Crippen molar-refractivity contribution in [1.29, 1.82) is 0 Å². The topological polar surface area (TPSA) is 59.4 Å². The Balaban J connectivity index is 1.66. The fourth-order valence-corrected chi connectivity index (χ4v) is 4.79. The quantitative estimate of drug-likeness (QED) is 0.459. The van der Waals surface area contributed by atoms with Crippen LogP contribution >= 0.6 is 23.2 Å². The van der Waals surface area contributed by atoms with Crippen LogP contribution in [0.4, 0.5) is 10.7 Å². The summed E-state index contributed by atoms with van der Waals surface area (Å²) >= 11 is 13.0. The average Bonchev–Trinajstić information content (AvgIpc) is 3.12. The van der Waals surface area contributed by atoms with Gasteiger partial charge in [0.05, 0.1) is 17.6 Å². The molecule has 4 rings (SSSR count). The van der Waals surface area contributed by atoms with Crippen molar-refractivity contribution in [2.24, 2.45) is 0 Å². The highest BCUT2D eigenvalue weighted by Gasteiger charge is 2.28. The number of nitrogens with one attached hydrogen (secondary N) is 1. The number of hydrogen-bond donors (Lipinski definition) is 1. The number of aromatic nitrogens is 2. The third-order valence-corrected chi connectivity index (χ3v) is 6.49. The summed E-state index contributed by atoms with van der Waals surface area (Å²) in [6.45, 7) is 7.45. The molecule has 2 aromatic carbocycles. The zero-order valence-electron chi connectivity index (χ0n) is 19.3. The van der Waals surface area contributed by atoms with E-state index in [0.29, 0.717) is 23.1 Å². The van der Waals surface area contributed by atoms with Crippen LogP contribution in [-0.4, -0.2) is 40.4 Å².